The first-order valence-corrected chi connectivity index (χ1v) is 11.7. The molecule has 0 saturated heterocycles. The van der Waals surface area contributed by atoms with Gasteiger partial charge in [-0.05, 0) is 82.7 Å². The fourth-order valence-corrected chi connectivity index (χ4v) is 6.70. The second-order valence-electron chi connectivity index (χ2n) is 10.6. The Balaban J connectivity index is 1.70. The Labute approximate surface area is 177 Å². The summed E-state index contributed by atoms with van der Waals surface area (Å²) in [5, 5.41) is 14.4. The Hall–Kier alpha value is -0.940. The highest BCUT2D eigenvalue weighted by molar-refractivity contribution is 5.91. The van der Waals surface area contributed by atoms with E-state index in [1.807, 2.05) is 20.3 Å². The first-order chi connectivity index (χ1) is 13.7. The van der Waals surface area contributed by atoms with Gasteiger partial charge >= 0.3 is 0 Å². The van der Waals surface area contributed by atoms with Crippen molar-refractivity contribution in [2.75, 3.05) is 27.2 Å². The highest BCUT2D eigenvalue weighted by Gasteiger charge is 2.57. The van der Waals surface area contributed by atoms with Gasteiger partial charge in [-0.25, -0.2) is 0 Å². The summed E-state index contributed by atoms with van der Waals surface area (Å²) in [6.07, 6.45) is 9.74. The number of aliphatic hydroxyl groups excluding tert-OH is 1. The Morgan fingerprint density at radius 3 is 2.69 bits per heavy atom. The summed E-state index contributed by atoms with van der Waals surface area (Å²) in [6.45, 7) is 8.14. The van der Waals surface area contributed by atoms with Crippen molar-refractivity contribution in [2.24, 2.45) is 39.7 Å². The predicted molar refractivity (Wildman–Crippen MR) is 117 cm³/mol. The van der Waals surface area contributed by atoms with E-state index in [0.29, 0.717) is 24.2 Å². The van der Waals surface area contributed by atoms with E-state index >= 15 is 0 Å². The summed E-state index contributed by atoms with van der Waals surface area (Å²) in [4.78, 5) is 21.3. The molecule has 0 radical (unpaired) electrons. The van der Waals surface area contributed by atoms with Crippen molar-refractivity contribution in [3.63, 3.8) is 0 Å². The fraction of sp³-hybridized carbons (Fsp3) is 0.917. The van der Waals surface area contributed by atoms with Crippen LogP contribution in [-0.2, 0) is 9.63 Å². The van der Waals surface area contributed by atoms with Gasteiger partial charge in [-0.2, -0.15) is 0 Å². The molecule has 0 bridgehead atoms. The molecule has 166 valence electrons. The summed E-state index contributed by atoms with van der Waals surface area (Å²) in [6, 6.07) is 0. The van der Waals surface area contributed by atoms with Gasteiger partial charge in [-0.1, -0.05) is 25.9 Å². The number of hydrogen-bond donors (Lipinski definition) is 1. The first-order valence-electron chi connectivity index (χ1n) is 11.7. The molecule has 0 heterocycles. The lowest BCUT2D eigenvalue weighted by atomic mass is 9.46. The quantitative estimate of drug-likeness (QED) is 0.392. The monoisotopic (exact) mass is 406 g/mol. The zero-order valence-electron chi connectivity index (χ0n) is 19.2. The van der Waals surface area contributed by atoms with Gasteiger partial charge in [0.15, 0.2) is 0 Å². The molecule has 0 spiro atoms. The Morgan fingerprint density at radius 2 is 2.00 bits per heavy atom. The van der Waals surface area contributed by atoms with E-state index in [1.54, 1.807) is 0 Å². The fourth-order valence-electron chi connectivity index (χ4n) is 6.70. The van der Waals surface area contributed by atoms with Gasteiger partial charge in [0.2, 0.25) is 0 Å². The van der Waals surface area contributed by atoms with Crippen molar-refractivity contribution >= 4 is 12.0 Å². The van der Waals surface area contributed by atoms with Gasteiger partial charge in [-0.3, -0.25) is 4.79 Å². The van der Waals surface area contributed by atoms with Gasteiger partial charge in [0.25, 0.3) is 0 Å². The van der Waals surface area contributed by atoms with E-state index in [-0.39, 0.29) is 28.8 Å². The zero-order valence-corrected chi connectivity index (χ0v) is 19.2. The normalized spacial score (nSPS) is 41.3. The van der Waals surface area contributed by atoms with Gasteiger partial charge in [0.05, 0.1) is 6.10 Å². The predicted octanol–water partition coefficient (Wildman–Crippen LogP) is 4.14. The van der Waals surface area contributed by atoms with Crippen molar-refractivity contribution in [2.45, 2.75) is 78.2 Å². The van der Waals surface area contributed by atoms with Gasteiger partial charge in [-0.15, -0.1) is 0 Å². The summed E-state index contributed by atoms with van der Waals surface area (Å²) < 4.78 is 0. The lowest BCUT2D eigenvalue weighted by Gasteiger charge is -2.58. The van der Waals surface area contributed by atoms with Crippen LogP contribution in [0.2, 0.25) is 0 Å². The molecule has 29 heavy (non-hydrogen) atoms. The molecule has 7 atom stereocenters. The molecule has 0 aliphatic heterocycles. The van der Waals surface area contributed by atoms with Crippen LogP contribution in [0.4, 0.5) is 0 Å². The number of nitrogens with zero attached hydrogens (tertiary/aromatic N) is 2. The third-order valence-electron chi connectivity index (χ3n) is 8.74. The number of carbonyl (C=O) groups is 1. The van der Waals surface area contributed by atoms with Crippen LogP contribution in [0, 0.1) is 34.5 Å². The highest BCUT2D eigenvalue weighted by atomic mass is 16.6. The van der Waals surface area contributed by atoms with Crippen LogP contribution in [0.25, 0.3) is 0 Å². The van der Waals surface area contributed by atoms with Crippen LogP contribution in [0.5, 0.6) is 0 Å². The zero-order chi connectivity index (χ0) is 21.2. The standard InChI is InChI=1S/C24H42N2O3/c1-6-17(16-25-29-14-13-26(4)5)24(3)12-10-21-20(22(24)28)8-7-18-15-19(27)9-11-23(18,21)2/h16-21,27H,6-15H2,1-5H3/t17-,18-,19+,20-,21+,23+,24-/m1/s1. The number of oxime groups is 1. The number of likely N-dealkylation sites (N-methyl/N-ethyl adjacent to an activating group) is 1. The minimum atomic E-state index is -0.332. The van der Waals surface area contributed by atoms with Gasteiger partial charge < -0.3 is 14.8 Å². The maximum atomic E-state index is 13.8. The number of Topliss-reactive ketones (excluding diaryl/α,β-unsaturated/α-hetero) is 1. The summed E-state index contributed by atoms with van der Waals surface area (Å²) >= 11 is 0. The number of carbonyl (C=O) groups excluding carboxylic acids is 1. The smallest absolute Gasteiger partial charge is 0.142 e. The molecule has 1 N–H and O–H groups in total. The Morgan fingerprint density at radius 1 is 1.24 bits per heavy atom. The van der Waals surface area contributed by atoms with Crippen LogP contribution in [0.3, 0.4) is 0 Å². The highest BCUT2D eigenvalue weighted by Crippen LogP contribution is 2.61. The van der Waals surface area contributed by atoms with Crippen molar-refractivity contribution in [3.8, 4) is 0 Å². The SMILES string of the molecule is CC[C@H](C=NOCCN(C)C)[C@@]1(C)CC[C@H]2[C@@H](CC[C@@H]3C[C@@H](O)CC[C@@]32C)C1=O. The summed E-state index contributed by atoms with van der Waals surface area (Å²) in [5.41, 5.74) is -0.105. The van der Waals surface area contributed by atoms with Crippen LogP contribution in [0.1, 0.15) is 72.1 Å². The lowest BCUT2D eigenvalue weighted by molar-refractivity contribution is -0.155. The molecular weight excluding hydrogens is 364 g/mol. The van der Waals surface area contributed by atoms with E-state index < -0.39 is 0 Å². The molecule has 3 fully saturated rings. The van der Waals surface area contributed by atoms with E-state index in [9.17, 15) is 9.90 Å². The minimum absolute atomic E-state index is 0.133. The van der Waals surface area contributed by atoms with Crippen LogP contribution >= 0.6 is 0 Å². The lowest BCUT2D eigenvalue weighted by Crippen LogP contribution is -2.56. The topological polar surface area (TPSA) is 62.1 Å². The molecule has 5 heteroatoms. The van der Waals surface area contributed by atoms with E-state index in [4.69, 9.17) is 4.84 Å². The van der Waals surface area contributed by atoms with E-state index in [2.05, 4.69) is 30.8 Å². The summed E-state index contributed by atoms with van der Waals surface area (Å²) in [7, 11) is 4.03. The third-order valence-corrected chi connectivity index (χ3v) is 8.74. The number of hydrogen-bond acceptors (Lipinski definition) is 5. The molecule has 3 aliphatic carbocycles. The number of rotatable bonds is 7. The molecule has 0 aromatic rings. The molecule has 0 aromatic carbocycles. The molecule has 3 aliphatic rings. The maximum Gasteiger partial charge on any atom is 0.142 e. The minimum Gasteiger partial charge on any atom is -0.395 e. The van der Waals surface area contributed by atoms with Crippen LogP contribution < -0.4 is 0 Å². The van der Waals surface area contributed by atoms with Gasteiger partial charge in [0.1, 0.15) is 12.4 Å². The Bertz CT molecular complexity index is 607. The first kappa shape index (κ1) is 22.7. The average Bonchev–Trinajstić information content (AvgIpc) is 2.67. The van der Waals surface area contributed by atoms with E-state index in [1.165, 1.54) is 0 Å². The molecule has 3 rings (SSSR count). The average molecular weight is 407 g/mol. The van der Waals surface area contributed by atoms with Crippen molar-refractivity contribution in [1.29, 1.82) is 0 Å². The summed E-state index contributed by atoms with van der Waals surface area (Å²) in [5.74, 6) is 1.85. The van der Waals surface area contributed by atoms with Crippen LogP contribution in [-0.4, -0.2) is 55.4 Å². The largest absolute Gasteiger partial charge is 0.395 e. The molecule has 5 nitrogen and oxygen atoms in total. The molecule has 0 aromatic heterocycles. The molecular formula is C24H42N2O3. The van der Waals surface area contributed by atoms with Crippen molar-refractivity contribution < 1.29 is 14.7 Å². The van der Waals surface area contributed by atoms with Crippen molar-refractivity contribution in [3.05, 3.63) is 0 Å². The van der Waals surface area contributed by atoms with E-state index in [0.717, 1.165) is 57.9 Å². The Kier molecular flexibility index (Phi) is 7.10. The maximum absolute atomic E-state index is 13.8. The molecule has 0 unspecified atom stereocenters. The van der Waals surface area contributed by atoms with Crippen LogP contribution in [0.15, 0.2) is 5.16 Å². The molecule has 0 amide bonds. The number of aliphatic hydroxyl groups is 1. The second kappa shape index (κ2) is 9.05. The van der Waals surface area contributed by atoms with Crippen molar-refractivity contribution in [1.82, 2.24) is 4.90 Å². The third kappa shape index (κ3) is 4.41. The molecule has 3 saturated carbocycles. The number of ketones is 1. The van der Waals surface area contributed by atoms with Gasteiger partial charge in [0, 0.05) is 30.0 Å². The second-order valence-corrected chi connectivity index (χ2v) is 10.6. The number of fused-ring (bicyclic) bond motifs is 3.